The Bertz CT molecular complexity index is 228. The third-order valence-corrected chi connectivity index (χ3v) is 3.35. The lowest BCUT2D eigenvalue weighted by Gasteiger charge is -2.24. The van der Waals surface area contributed by atoms with Crippen molar-refractivity contribution in [3.63, 3.8) is 0 Å². The summed E-state index contributed by atoms with van der Waals surface area (Å²) >= 11 is 0. The van der Waals surface area contributed by atoms with Crippen LogP contribution in [0.4, 0.5) is 0 Å². The van der Waals surface area contributed by atoms with Crippen molar-refractivity contribution in [1.29, 1.82) is 0 Å². The standard InChI is InChI=1S/C7H14O4S/c8-7(12(9,10)11)6-4-2-1-3-5-6/h6-8H,1-5H2,(H,9,10,11)/t7-/m0/s1. The molecular weight excluding hydrogens is 180 g/mol. The Kier molecular flexibility index (Phi) is 3.09. The average molecular weight is 194 g/mol. The molecule has 0 bridgehead atoms. The molecule has 72 valence electrons. The summed E-state index contributed by atoms with van der Waals surface area (Å²) in [5, 5.41) is 9.17. The van der Waals surface area contributed by atoms with E-state index in [1.807, 2.05) is 0 Å². The van der Waals surface area contributed by atoms with Gasteiger partial charge in [0.15, 0.2) is 5.44 Å². The summed E-state index contributed by atoms with van der Waals surface area (Å²) in [4.78, 5) is 0. The Morgan fingerprint density at radius 3 is 2.08 bits per heavy atom. The van der Waals surface area contributed by atoms with E-state index in [0.29, 0.717) is 12.8 Å². The van der Waals surface area contributed by atoms with Crippen molar-refractivity contribution in [2.45, 2.75) is 37.5 Å². The highest BCUT2D eigenvalue weighted by Gasteiger charge is 2.30. The molecule has 0 spiro atoms. The van der Waals surface area contributed by atoms with Gasteiger partial charge in [0.2, 0.25) is 0 Å². The van der Waals surface area contributed by atoms with Crippen molar-refractivity contribution < 1.29 is 18.1 Å². The number of aliphatic hydroxyl groups is 1. The molecule has 0 aromatic carbocycles. The Morgan fingerprint density at radius 2 is 1.67 bits per heavy atom. The van der Waals surface area contributed by atoms with E-state index in [1.165, 1.54) is 0 Å². The normalized spacial score (nSPS) is 23.8. The van der Waals surface area contributed by atoms with Crippen LogP contribution in [-0.4, -0.2) is 23.5 Å². The van der Waals surface area contributed by atoms with Gasteiger partial charge >= 0.3 is 0 Å². The third-order valence-electron chi connectivity index (χ3n) is 2.36. The molecule has 1 aliphatic rings. The fraction of sp³-hybridized carbons (Fsp3) is 1.00. The zero-order chi connectivity index (χ0) is 9.19. The van der Waals surface area contributed by atoms with E-state index in [9.17, 15) is 13.5 Å². The smallest absolute Gasteiger partial charge is 0.292 e. The predicted octanol–water partition coefficient (Wildman–Crippen LogP) is 0.773. The lowest BCUT2D eigenvalue weighted by Crippen LogP contribution is -2.30. The van der Waals surface area contributed by atoms with Crippen LogP contribution in [0.3, 0.4) is 0 Å². The molecule has 0 aromatic heterocycles. The van der Waals surface area contributed by atoms with Crippen molar-refractivity contribution >= 4 is 10.1 Å². The van der Waals surface area contributed by atoms with E-state index in [1.54, 1.807) is 0 Å². The van der Waals surface area contributed by atoms with Crippen LogP contribution < -0.4 is 0 Å². The predicted molar refractivity (Wildman–Crippen MR) is 44.1 cm³/mol. The molecule has 0 radical (unpaired) electrons. The highest BCUT2D eigenvalue weighted by atomic mass is 32.2. The quantitative estimate of drug-likeness (QED) is 0.637. The van der Waals surface area contributed by atoms with Gasteiger partial charge in [-0.25, -0.2) is 0 Å². The molecule has 0 saturated heterocycles. The van der Waals surface area contributed by atoms with Gasteiger partial charge in [-0.2, -0.15) is 8.42 Å². The molecule has 1 atom stereocenters. The Morgan fingerprint density at radius 1 is 1.17 bits per heavy atom. The molecule has 0 aliphatic heterocycles. The summed E-state index contributed by atoms with van der Waals surface area (Å²) in [6.45, 7) is 0. The molecule has 5 heteroatoms. The van der Waals surface area contributed by atoms with Crippen molar-refractivity contribution in [1.82, 2.24) is 0 Å². The van der Waals surface area contributed by atoms with Gasteiger partial charge in [0.1, 0.15) is 0 Å². The summed E-state index contributed by atoms with van der Waals surface area (Å²) < 4.78 is 29.6. The van der Waals surface area contributed by atoms with Gasteiger partial charge < -0.3 is 5.11 Å². The minimum Gasteiger partial charge on any atom is -0.375 e. The van der Waals surface area contributed by atoms with Crippen LogP contribution in [-0.2, 0) is 10.1 Å². The maximum absolute atomic E-state index is 10.5. The van der Waals surface area contributed by atoms with Gasteiger partial charge in [-0.15, -0.1) is 0 Å². The fourth-order valence-corrected chi connectivity index (χ4v) is 2.42. The number of aliphatic hydroxyl groups excluding tert-OH is 1. The first-order valence-electron chi connectivity index (χ1n) is 4.16. The van der Waals surface area contributed by atoms with Gasteiger partial charge in [0, 0.05) is 5.92 Å². The summed E-state index contributed by atoms with van der Waals surface area (Å²) in [5.41, 5.74) is -1.57. The topological polar surface area (TPSA) is 74.6 Å². The molecule has 0 amide bonds. The second-order valence-electron chi connectivity index (χ2n) is 3.30. The van der Waals surface area contributed by atoms with Gasteiger partial charge in [0.05, 0.1) is 0 Å². The summed E-state index contributed by atoms with van der Waals surface area (Å²) in [6, 6.07) is 0. The van der Waals surface area contributed by atoms with Crippen LogP contribution in [0.15, 0.2) is 0 Å². The number of hydrogen-bond donors (Lipinski definition) is 2. The molecule has 12 heavy (non-hydrogen) atoms. The second kappa shape index (κ2) is 3.72. The van der Waals surface area contributed by atoms with Crippen LogP contribution >= 0.6 is 0 Å². The Hall–Kier alpha value is -0.130. The van der Waals surface area contributed by atoms with Crippen molar-refractivity contribution in [2.24, 2.45) is 5.92 Å². The zero-order valence-corrected chi connectivity index (χ0v) is 7.63. The molecule has 2 N–H and O–H groups in total. The summed E-state index contributed by atoms with van der Waals surface area (Å²) in [7, 11) is -4.25. The lowest BCUT2D eigenvalue weighted by molar-refractivity contribution is 0.140. The van der Waals surface area contributed by atoms with E-state index in [2.05, 4.69) is 0 Å². The molecule has 1 fully saturated rings. The average Bonchev–Trinajstić information content (AvgIpc) is 2.03. The lowest BCUT2D eigenvalue weighted by atomic mass is 9.90. The molecule has 1 rings (SSSR count). The van der Waals surface area contributed by atoms with E-state index in [4.69, 9.17) is 4.55 Å². The molecule has 0 aromatic rings. The van der Waals surface area contributed by atoms with Gasteiger partial charge in [-0.3, -0.25) is 4.55 Å². The monoisotopic (exact) mass is 194 g/mol. The molecule has 4 nitrogen and oxygen atoms in total. The summed E-state index contributed by atoms with van der Waals surface area (Å²) in [6.07, 6.45) is 4.37. The van der Waals surface area contributed by atoms with Gasteiger partial charge in [-0.1, -0.05) is 19.3 Å². The molecule has 1 saturated carbocycles. The maximum atomic E-state index is 10.5. The third kappa shape index (κ3) is 2.43. The zero-order valence-electron chi connectivity index (χ0n) is 6.81. The van der Waals surface area contributed by atoms with Crippen LogP contribution in [0, 0.1) is 5.92 Å². The van der Waals surface area contributed by atoms with E-state index < -0.39 is 15.6 Å². The van der Waals surface area contributed by atoms with Crippen LogP contribution in [0.5, 0.6) is 0 Å². The first kappa shape index (κ1) is 9.95. The largest absolute Gasteiger partial charge is 0.375 e. The first-order valence-corrected chi connectivity index (χ1v) is 5.66. The Labute approximate surface area is 72.3 Å². The van der Waals surface area contributed by atoms with Gasteiger partial charge in [-0.05, 0) is 12.8 Å². The molecule has 1 aliphatic carbocycles. The highest BCUT2D eigenvalue weighted by Crippen LogP contribution is 2.28. The van der Waals surface area contributed by atoms with Crippen molar-refractivity contribution in [3.8, 4) is 0 Å². The van der Waals surface area contributed by atoms with Crippen molar-refractivity contribution in [2.75, 3.05) is 0 Å². The van der Waals surface area contributed by atoms with Crippen LogP contribution in [0.1, 0.15) is 32.1 Å². The fourth-order valence-electron chi connectivity index (χ4n) is 1.66. The maximum Gasteiger partial charge on any atom is 0.292 e. The van der Waals surface area contributed by atoms with E-state index in [-0.39, 0.29) is 5.92 Å². The molecule has 0 unspecified atom stereocenters. The summed E-state index contributed by atoms with van der Waals surface area (Å²) in [5.74, 6) is -0.270. The van der Waals surface area contributed by atoms with Gasteiger partial charge in [0.25, 0.3) is 10.1 Å². The van der Waals surface area contributed by atoms with E-state index in [0.717, 1.165) is 19.3 Å². The Balaban J connectivity index is 2.57. The van der Waals surface area contributed by atoms with Crippen LogP contribution in [0.25, 0.3) is 0 Å². The number of hydrogen-bond acceptors (Lipinski definition) is 3. The van der Waals surface area contributed by atoms with Crippen molar-refractivity contribution in [3.05, 3.63) is 0 Å². The molecule has 0 heterocycles. The highest BCUT2D eigenvalue weighted by molar-refractivity contribution is 7.86. The minimum atomic E-state index is -4.25. The second-order valence-corrected chi connectivity index (χ2v) is 4.82. The van der Waals surface area contributed by atoms with Crippen LogP contribution in [0.2, 0.25) is 0 Å². The first-order chi connectivity index (χ1) is 5.52. The minimum absolute atomic E-state index is 0.270. The molecular formula is C7H14O4S. The number of rotatable bonds is 2. The van der Waals surface area contributed by atoms with E-state index >= 15 is 0 Å². The SMILES string of the molecule is O=S(=O)(O)[C@H](O)C1CCCCC1.